The minimum Gasteiger partial charge on any atom is -0.504 e. The molecule has 7 nitrogen and oxygen atoms in total. The van der Waals surface area contributed by atoms with Crippen molar-refractivity contribution in [3.63, 3.8) is 0 Å². The van der Waals surface area contributed by atoms with Crippen molar-refractivity contribution in [3.8, 4) is 11.5 Å². The van der Waals surface area contributed by atoms with Gasteiger partial charge in [0.1, 0.15) is 0 Å². The molecule has 0 amide bonds. The molecule has 3 heterocycles. The van der Waals surface area contributed by atoms with Crippen LogP contribution >= 0.6 is 0 Å². The predicted octanol–water partition coefficient (Wildman–Crippen LogP) is 2.49. The molecule has 2 unspecified atom stereocenters. The number of aromatic nitrogens is 1. The number of likely N-dealkylation sites (tertiary alicyclic amines) is 1. The molecular formula is C24H22N2O5. The highest BCUT2D eigenvalue weighted by molar-refractivity contribution is 5.95. The molecule has 7 rings (SSSR count). The number of nitrogens with zero attached hydrogens (tertiary/aromatic N) is 1. The summed E-state index contributed by atoms with van der Waals surface area (Å²) in [7, 11) is 2.06. The summed E-state index contributed by atoms with van der Waals surface area (Å²) in [5.74, 6) is -0.383. The molecule has 1 spiro atoms. The fourth-order valence-corrected chi connectivity index (χ4v) is 7.03. The summed E-state index contributed by atoms with van der Waals surface area (Å²) >= 11 is 0. The number of likely N-dealkylation sites (N-methyl/N-ethyl adjacent to an activating group) is 1. The number of aliphatic hydroxyl groups is 1. The van der Waals surface area contributed by atoms with E-state index in [2.05, 4.69) is 16.9 Å². The minimum absolute atomic E-state index is 0.0869. The van der Waals surface area contributed by atoms with Crippen molar-refractivity contribution in [2.24, 2.45) is 0 Å². The maximum absolute atomic E-state index is 12.4. The monoisotopic (exact) mass is 418 g/mol. The molecule has 2 aliphatic heterocycles. The largest absolute Gasteiger partial charge is 0.504 e. The van der Waals surface area contributed by atoms with E-state index in [0.717, 1.165) is 46.3 Å². The molecule has 2 aromatic carbocycles. The van der Waals surface area contributed by atoms with Crippen LogP contribution in [0.15, 0.2) is 30.3 Å². The Morgan fingerprint density at radius 3 is 2.94 bits per heavy atom. The number of carboxylic acids is 1. The third-order valence-corrected chi connectivity index (χ3v) is 8.38. The first-order valence-corrected chi connectivity index (χ1v) is 10.7. The maximum Gasteiger partial charge on any atom is 0.335 e. The molecule has 1 aromatic heterocycles. The second-order valence-electron chi connectivity index (χ2n) is 9.55. The lowest BCUT2D eigenvalue weighted by molar-refractivity contribution is -0.167. The molecule has 0 radical (unpaired) electrons. The molecule has 2 bridgehead atoms. The van der Waals surface area contributed by atoms with E-state index in [-0.39, 0.29) is 17.4 Å². The molecule has 4 atom stereocenters. The molecule has 1 saturated heterocycles. The topological polar surface area (TPSA) is 106 Å². The van der Waals surface area contributed by atoms with E-state index in [1.165, 1.54) is 0 Å². The summed E-state index contributed by atoms with van der Waals surface area (Å²) in [5.41, 5.74) is 3.21. The molecule has 158 valence electrons. The minimum atomic E-state index is -1.09. The number of benzene rings is 2. The van der Waals surface area contributed by atoms with Crippen molar-refractivity contribution in [1.82, 2.24) is 9.88 Å². The summed E-state index contributed by atoms with van der Waals surface area (Å²) in [4.78, 5) is 17.3. The van der Waals surface area contributed by atoms with Gasteiger partial charge >= 0.3 is 5.97 Å². The number of piperidine rings is 1. The Morgan fingerprint density at radius 1 is 1.29 bits per heavy atom. The maximum atomic E-state index is 12.4. The first-order chi connectivity index (χ1) is 14.8. The van der Waals surface area contributed by atoms with Crippen molar-refractivity contribution in [3.05, 3.63) is 58.3 Å². The van der Waals surface area contributed by atoms with Crippen LogP contribution in [0.3, 0.4) is 0 Å². The number of phenolic OH excluding ortho intramolecular Hbond substituents is 1. The number of aromatic amines is 1. The fraction of sp³-hybridized carbons (Fsp3) is 0.375. The Kier molecular flexibility index (Phi) is 2.97. The second kappa shape index (κ2) is 5.23. The lowest BCUT2D eigenvalue weighted by Crippen LogP contribution is -2.73. The van der Waals surface area contributed by atoms with Crippen molar-refractivity contribution in [1.29, 1.82) is 0 Å². The molecule has 2 aliphatic carbocycles. The number of aromatic carboxylic acids is 1. The number of hydrogen-bond donors (Lipinski definition) is 4. The fourth-order valence-electron chi connectivity index (χ4n) is 7.03. The van der Waals surface area contributed by atoms with Crippen LogP contribution in [0.2, 0.25) is 0 Å². The highest BCUT2D eigenvalue weighted by atomic mass is 16.5. The average Bonchev–Trinajstić information content (AvgIpc) is 3.27. The molecule has 3 aromatic rings. The van der Waals surface area contributed by atoms with Crippen LogP contribution in [0.4, 0.5) is 0 Å². The van der Waals surface area contributed by atoms with E-state index in [0.29, 0.717) is 18.6 Å². The highest BCUT2D eigenvalue weighted by Crippen LogP contribution is 2.68. The molecule has 0 saturated carbocycles. The second-order valence-corrected chi connectivity index (χ2v) is 9.55. The zero-order valence-electron chi connectivity index (χ0n) is 17.0. The number of nitrogens with one attached hydrogen (secondary N) is 1. The van der Waals surface area contributed by atoms with Crippen molar-refractivity contribution in [2.75, 3.05) is 13.6 Å². The number of carboxylic acid groups (broad SMARTS) is 1. The molecule has 4 aliphatic rings. The Labute approximate surface area is 177 Å². The number of H-pyrrole nitrogens is 1. The third-order valence-electron chi connectivity index (χ3n) is 8.38. The van der Waals surface area contributed by atoms with Gasteiger partial charge in [0.25, 0.3) is 0 Å². The number of fused-ring (bicyclic) bond motifs is 4. The lowest BCUT2D eigenvalue weighted by Gasteiger charge is -2.62. The van der Waals surface area contributed by atoms with Crippen molar-refractivity contribution < 1.29 is 24.9 Å². The van der Waals surface area contributed by atoms with Gasteiger partial charge in [0.15, 0.2) is 17.6 Å². The molecular weight excluding hydrogens is 396 g/mol. The van der Waals surface area contributed by atoms with Crippen LogP contribution in [-0.4, -0.2) is 56.4 Å². The van der Waals surface area contributed by atoms with Gasteiger partial charge in [0.05, 0.1) is 22.3 Å². The van der Waals surface area contributed by atoms with E-state index in [9.17, 15) is 20.1 Å². The number of ether oxygens (including phenoxy) is 1. The van der Waals surface area contributed by atoms with Crippen LogP contribution < -0.4 is 4.74 Å². The quantitative estimate of drug-likeness (QED) is 0.484. The van der Waals surface area contributed by atoms with Crippen LogP contribution in [0.25, 0.3) is 10.9 Å². The summed E-state index contributed by atoms with van der Waals surface area (Å²) in [6.45, 7) is 0.833. The average molecular weight is 418 g/mol. The molecule has 4 N–H and O–H groups in total. The summed E-state index contributed by atoms with van der Waals surface area (Å²) in [6.07, 6.45) is 1.36. The zero-order valence-corrected chi connectivity index (χ0v) is 17.0. The van der Waals surface area contributed by atoms with E-state index in [1.807, 2.05) is 6.07 Å². The third kappa shape index (κ3) is 1.79. The van der Waals surface area contributed by atoms with Gasteiger partial charge in [-0.2, -0.15) is 0 Å². The van der Waals surface area contributed by atoms with Crippen LogP contribution in [0.5, 0.6) is 11.5 Å². The smallest absolute Gasteiger partial charge is 0.335 e. The van der Waals surface area contributed by atoms with Gasteiger partial charge in [0, 0.05) is 28.9 Å². The van der Waals surface area contributed by atoms with E-state index >= 15 is 0 Å². The Bertz CT molecular complexity index is 1330. The van der Waals surface area contributed by atoms with Gasteiger partial charge < -0.3 is 29.9 Å². The van der Waals surface area contributed by atoms with Gasteiger partial charge in [-0.25, -0.2) is 4.79 Å². The van der Waals surface area contributed by atoms with Gasteiger partial charge in [-0.3, -0.25) is 0 Å². The van der Waals surface area contributed by atoms with Crippen LogP contribution in [-0.2, 0) is 18.3 Å². The predicted molar refractivity (Wildman–Crippen MR) is 112 cm³/mol. The summed E-state index contributed by atoms with van der Waals surface area (Å²) in [5, 5.41) is 33.4. The van der Waals surface area contributed by atoms with E-state index < -0.39 is 23.1 Å². The number of aromatic hydroxyl groups is 1. The van der Waals surface area contributed by atoms with Gasteiger partial charge in [-0.1, -0.05) is 6.07 Å². The molecule has 1 fully saturated rings. The Balaban J connectivity index is 1.57. The first kappa shape index (κ1) is 17.6. The molecule has 31 heavy (non-hydrogen) atoms. The number of hydrogen-bond acceptors (Lipinski definition) is 5. The van der Waals surface area contributed by atoms with E-state index in [1.54, 1.807) is 24.3 Å². The number of rotatable bonds is 1. The molecule has 7 heteroatoms. The standard InChI is InChI=1S/C24H22N2O5/c1-26-7-6-23-18-11-3-5-16(27)20(18)31-21(23)19-14(10-24(23,30)17(26)9-11)13-8-12(22(28)29)2-4-15(13)25-19/h2-5,8,17,21,25,27,30H,6-7,9-10H2,1H3,(H,28,29)/t17?,21-,23-,24?/m0/s1. The van der Waals surface area contributed by atoms with Crippen LogP contribution in [0.1, 0.15) is 45.3 Å². The first-order valence-electron chi connectivity index (χ1n) is 10.7. The van der Waals surface area contributed by atoms with Gasteiger partial charge in [0.2, 0.25) is 0 Å². The van der Waals surface area contributed by atoms with Crippen molar-refractivity contribution >= 4 is 16.9 Å². The summed E-state index contributed by atoms with van der Waals surface area (Å²) < 4.78 is 6.47. The van der Waals surface area contributed by atoms with Crippen molar-refractivity contribution in [2.45, 2.75) is 42.4 Å². The highest BCUT2D eigenvalue weighted by Gasteiger charge is 2.72. The number of phenols is 1. The van der Waals surface area contributed by atoms with E-state index in [4.69, 9.17) is 4.74 Å². The number of carbonyl (C=O) groups is 1. The lowest BCUT2D eigenvalue weighted by atomic mass is 9.49. The van der Waals surface area contributed by atoms with Crippen LogP contribution in [0, 0.1) is 0 Å². The SMILES string of the molecule is CN1CC[C@]23c4c5ccc(O)c4O[C@H]2c2[nH]c4ccc(C(=O)O)cc4c2CC3(O)C1C5. The van der Waals surface area contributed by atoms with Gasteiger partial charge in [-0.05, 0) is 61.8 Å². The Hall–Kier alpha value is -3.03. The zero-order chi connectivity index (χ0) is 21.3. The van der Waals surface area contributed by atoms with Gasteiger partial charge in [-0.15, -0.1) is 0 Å². The summed E-state index contributed by atoms with van der Waals surface area (Å²) in [6, 6.07) is 8.62. The normalized spacial score (nSPS) is 32.5. The Morgan fingerprint density at radius 2 is 2.13 bits per heavy atom.